The molecule has 122 valence electrons. The van der Waals surface area contributed by atoms with Gasteiger partial charge in [0.25, 0.3) is 5.56 Å². The van der Waals surface area contributed by atoms with Gasteiger partial charge in [-0.2, -0.15) is 10.5 Å². The Morgan fingerprint density at radius 3 is 2.04 bits per heavy atom. The molecule has 24 heavy (non-hydrogen) atoms. The lowest BCUT2D eigenvalue weighted by Crippen LogP contribution is -2.16. The molecule has 0 aliphatic carbocycles. The number of aromatic amines is 1. The zero-order valence-electron chi connectivity index (χ0n) is 13.3. The van der Waals surface area contributed by atoms with Crippen molar-refractivity contribution in [3.05, 3.63) is 39.7 Å². The predicted octanol–water partition coefficient (Wildman–Crippen LogP) is 2.16. The lowest BCUT2D eigenvalue weighted by molar-refractivity contribution is 0.323. The maximum Gasteiger partial charge on any atom is 0.268 e. The first-order valence-corrected chi connectivity index (χ1v) is 7.32. The zero-order chi connectivity index (χ0) is 17.7. The number of anilines is 1. The van der Waals surface area contributed by atoms with Crippen molar-refractivity contribution in [1.29, 1.82) is 10.5 Å². The molecule has 0 aliphatic heterocycles. The third kappa shape index (κ3) is 3.16. The van der Waals surface area contributed by atoms with Gasteiger partial charge >= 0.3 is 0 Å². The SMILES string of the molecule is CCOc1cc(OCC)cc(-c2c(C#N)c(N)[nH]c(=O)c2C#N)c1. The van der Waals surface area contributed by atoms with E-state index in [1.54, 1.807) is 18.2 Å². The Hall–Kier alpha value is -3.45. The molecule has 0 fully saturated rings. The zero-order valence-corrected chi connectivity index (χ0v) is 13.3. The maximum atomic E-state index is 12.0. The number of aromatic nitrogens is 1. The first-order chi connectivity index (χ1) is 11.5. The number of ether oxygens (including phenoxy) is 2. The smallest absolute Gasteiger partial charge is 0.268 e. The van der Waals surface area contributed by atoms with Crippen molar-refractivity contribution in [1.82, 2.24) is 4.98 Å². The van der Waals surface area contributed by atoms with Crippen LogP contribution in [0.4, 0.5) is 5.82 Å². The molecule has 1 aromatic carbocycles. The lowest BCUT2D eigenvalue weighted by Gasteiger charge is -2.13. The van der Waals surface area contributed by atoms with Crippen molar-refractivity contribution in [2.24, 2.45) is 0 Å². The molecule has 0 saturated carbocycles. The molecule has 1 heterocycles. The summed E-state index contributed by atoms with van der Waals surface area (Å²) in [4.78, 5) is 14.3. The van der Waals surface area contributed by atoms with Gasteiger partial charge in [-0.1, -0.05) is 0 Å². The highest BCUT2D eigenvalue weighted by atomic mass is 16.5. The summed E-state index contributed by atoms with van der Waals surface area (Å²) in [7, 11) is 0. The van der Waals surface area contributed by atoms with Gasteiger partial charge in [0.15, 0.2) is 0 Å². The van der Waals surface area contributed by atoms with Crippen LogP contribution in [-0.2, 0) is 0 Å². The van der Waals surface area contributed by atoms with Crippen molar-refractivity contribution in [2.45, 2.75) is 13.8 Å². The minimum atomic E-state index is -0.649. The number of hydrogen-bond acceptors (Lipinski definition) is 6. The largest absolute Gasteiger partial charge is 0.494 e. The summed E-state index contributed by atoms with van der Waals surface area (Å²) >= 11 is 0. The second kappa shape index (κ2) is 7.21. The van der Waals surface area contributed by atoms with Gasteiger partial charge in [0.2, 0.25) is 0 Å². The summed E-state index contributed by atoms with van der Waals surface area (Å²) in [5.74, 6) is 0.923. The third-order valence-corrected chi connectivity index (χ3v) is 3.26. The van der Waals surface area contributed by atoms with Crippen LogP contribution >= 0.6 is 0 Å². The van der Waals surface area contributed by atoms with Crippen LogP contribution in [0.3, 0.4) is 0 Å². The number of nitrogens with zero attached hydrogens (tertiary/aromatic N) is 2. The Balaban J connectivity index is 2.83. The summed E-state index contributed by atoms with van der Waals surface area (Å²) in [6.45, 7) is 4.53. The summed E-state index contributed by atoms with van der Waals surface area (Å²) in [5.41, 5.74) is 5.56. The molecule has 0 amide bonds. The predicted molar refractivity (Wildman–Crippen MR) is 88.7 cm³/mol. The highest BCUT2D eigenvalue weighted by Gasteiger charge is 2.19. The number of nitrogens with one attached hydrogen (secondary N) is 1. The Morgan fingerprint density at radius 2 is 1.58 bits per heavy atom. The van der Waals surface area contributed by atoms with Crippen LogP contribution in [0.1, 0.15) is 25.0 Å². The van der Waals surface area contributed by atoms with E-state index in [-0.39, 0.29) is 22.5 Å². The van der Waals surface area contributed by atoms with Crippen molar-refractivity contribution in [3.8, 4) is 34.8 Å². The van der Waals surface area contributed by atoms with Gasteiger partial charge in [0, 0.05) is 11.6 Å². The Bertz CT molecular complexity index is 880. The van der Waals surface area contributed by atoms with E-state index >= 15 is 0 Å². The minimum Gasteiger partial charge on any atom is -0.494 e. The van der Waals surface area contributed by atoms with Crippen LogP contribution in [0.15, 0.2) is 23.0 Å². The molecular formula is C17H16N4O3. The van der Waals surface area contributed by atoms with E-state index in [4.69, 9.17) is 15.2 Å². The summed E-state index contributed by atoms with van der Waals surface area (Å²) in [6.07, 6.45) is 0. The molecule has 0 aliphatic rings. The van der Waals surface area contributed by atoms with Crippen LogP contribution in [0, 0.1) is 22.7 Å². The van der Waals surface area contributed by atoms with Crippen molar-refractivity contribution < 1.29 is 9.47 Å². The first kappa shape index (κ1) is 16.9. The van der Waals surface area contributed by atoms with Crippen molar-refractivity contribution in [2.75, 3.05) is 18.9 Å². The Morgan fingerprint density at radius 1 is 1.04 bits per heavy atom. The van der Waals surface area contributed by atoms with Crippen LogP contribution < -0.4 is 20.8 Å². The van der Waals surface area contributed by atoms with E-state index < -0.39 is 5.56 Å². The van der Waals surface area contributed by atoms with E-state index in [1.807, 2.05) is 26.0 Å². The number of nitrogen functional groups attached to an aromatic ring is 1. The summed E-state index contributed by atoms with van der Waals surface area (Å²) < 4.78 is 11.0. The number of pyridine rings is 1. The van der Waals surface area contributed by atoms with Crippen LogP contribution in [-0.4, -0.2) is 18.2 Å². The highest BCUT2D eigenvalue weighted by Crippen LogP contribution is 2.34. The molecular weight excluding hydrogens is 308 g/mol. The number of H-pyrrole nitrogens is 1. The van der Waals surface area contributed by atoms with Gasteiger partial charge < -0.3 is 20.2 Å². The lowest BCUT2D eigenvalue weighted by atomic mass is 9.96. The third-order valence-electron chi connectivity index (χ3n) is 3.26. The molecule has 0 bridgehead atoms. The second-order valence-electron chi connectivity index (χ2n) is 4.78. The van der Waals surface area contributed by atoms with Crippen molar-refractivity contribution >= 4 is 5.82 Å². The fourth-order valence-corrected chi connectivity index (χ4v) is 2.35. The Labute approximate surface area is 138 Å². The minimum absolute atomic E-state index is 0.0299. The van der Waals surface area contributed by atoms with Crippen molar-refractivity contribution in [3.63, 3.8) is 0 Å². The van der Waals surface area contributed by atoms with Gasteiger partial charge in [0.1, 0.15) is 40.6 Å². The van der Waals surface area contributed by atoms with Gasteiger partial charge in [-0.3, -0.25) is 4.79 Å². The van der Waals surface area contributed by atoms with Gasteiger partial charge in [-0.25, -0.2) is 0 Å². The molecule has 3 N–H and O–H groups in total. The molecule has 0 unspecified atom stereocenters. The summed E-state index contributed by atoms with van der Waals surface area (Å²) in [6, 6.07) is 8.76. The summed E-state index contributed by atoms with van der Waals surface area (Å²) in [5, 5.41) is 18.7. The number of hydrogen-bond donors (Lipinski definition) is 2. The number of rotatable bonds is 5. The van der Waals surface area contributed by atoms with E-state index in [0.29, 0.717) is 30.3 Å². The molecule has 7 nitrogen and oxygen atoms in total. The van der Waals surface area contributed by atoms with E-state index in [0.717, 1.165) is 0 Å². The molecule has 7 heteroatoms. The van der Waals surface area contributed by atoms with E-state index in [9.17, 15) is 15.3 Å². The first-order valence-electron chi connectivity index (χ1n) is 7.32. The Kier molecular flexibility index (Phi) is 5.08. The standard InChI is InChI=1S/C17H16N4O3/c1-3-23-11-5-10(6-12(7-11)24-4-2)15-13(8-18)16(20)21-17(22)14(15)9-19/h5-7H,3-4H2,1-2H3,(H3,20,21,22). The average Bonchev–Trinajstić information content (AvgIpc) is 2.54. The maximum absolute atomic E-state index is 12.0. The molecule has 0 saturated heterocycles. The molecule has 1 aromatic heterocycles. The number of nitrogens with two attached hydrogens (primary N) is 1. The monoisotopic (exact) mass is 324 g/mol. The van der Waals surface area contributed by atoms with Crippen LogP contribution in [0.25, 0.3) is 11.1 Å². The molecule has 0 spiro atoms. The fourth-order valence-electron chi connectivity index (χ4n) is 2.35. The number of benzene rings is 1. The van der Waals surface area contributed by atoms with E-state index in [1.165, 1.54) is 0 Å². The molecule has 2 rings (SSSR count). The van der Waals surface area contributed by atoms with Gasteiger partial charge in [-0.05, 0) is 31.5 Å². The van der Waals surface area contributed by atoms with Crippen LogP contribution in [0.2, 0.25) is 0 Å². The fraction of sp³-hybridized carbons (Fsp3) is 0.235. The average molecular weight is 324 g/mol. The van der Waals surface area contributed by atoms with Crippen LogP contribution in [0.5, 0.6) is 11.5 Å². The number of nitriles is 2. The van der Waals surface area contributed by atoms with E-state index in [2.05, 4.69) is 4.98 Å². The quantitative estimate of drug-likeness (QED) is 0.868. The van der Waals surface area contributed by atoms with Gasteiger partial charge in [-0.15, -0.1) is 0 Å². The van der Waals surface area contributed by atoms with Gasteiger partial charge in [0.05, 0.1) is 13.2 Å². The molecule has 0 atom stereocenters. The topological polar surface area (TPSA) is 125 Å². The molecule has 0 radical (unpaired) electrons. The normalized spacial score (nSPS) is 9.83. The molecule has 2 aromatic rings. The highest BCUT2D eigenvalue weighted by molar-refractivity contribution is 5.81. The second-order valence-corrected chi connectivity index (χ2v) is 4.78.